The van der Waals surface area contributed by atoms with E-state index in [1.165, 1.54) is 0 Å². The van der Waals surface area contributed by atoms with Gasteiger partial charge in [-0.05, 0) is 43.9 Å². The average Bonchev–Trinajstić information content (AvgIpc) is 3.27. The Kier molecular flexibility index (Phi) is 7.29. The van der Waals surface area contributed by atoms with Crippen molar-refractivity contribution >= 4 is 39.8 Å². The third-order valence-corrected chi connectivity index (χ3v) is 5.87. The normalized spacial score (nSPS) is 11.1. The summed E-state index contributed by atoms with van der Waals surface area (Å²) in [7, 11) is 0. The highest BCUT2D eigenvalue weighted by atomic mass is 32.1. The van der Waals surface area contributed by atoms with Crippen LogP contribution in [0, 0.1) is 19.8 Å². The van der Waals surface area contributed by atoms with E-state index in [1.54, 1.807) is 20.0 Å². The van der Waals surface area contributed by atoms with Gasteiger partial charge in [0.15, 0.2) is 0 Å². The van der Waals surface area contributed by atoms with E-state index in [0.29, 0.717) is 11.3 Å². The first-order chi connectivity index (χ1) is 15.2. The molecule has 0 radical (unpaired) electrons. The first kappa shape index (κ1) is 23.5. The molecule has 0 aliphatic carbocycles. The van der Waals surface area contributed by atoms with Crippen molar-refractivity contribution in [1.29, 1.82) is 0 Å². The molecule has 0 aromatic carbocycles. The van der Waals surface area contributed by atoms with Gasteiger partial charge in [-0.15, -0.1) is 11.3 Å². The number of anilines is 1. The van der Waals surface area contributed by atoms with Gasteiger partial charge in [0.2, 0.25) is 5.91 Å². The van der Waals surface area contributed by atoms with Crippen molar-refractivity contribution in [1.82, 2.24) is 9.38 Å². The smallest absolute Gasteiger partial charge is 0.348 e. The number of hydrogen-bond donors (Lipinski definition) is 1. The topological polar surface area (TPSA) is 99.0 Å². The predicted octanol–water partition coefficient (Wildman–Crippen LogP) is 4.18. The summed E-state index contributed by atoms with van der Waals surface area (Å²) in [5.41, 5.74) is 2.99. The number of pyridine rings is 1. The van der Waals surface area contributed by atoms with Crippen LogP contribution in [0.15, 0.2) is 24.5 Å². The first-order valence-corrected chi connectivity index (χ1v) is 11.2. The maximum Gasteiger partial charge on any atom is 0.348 e. The van der Waals surface area contributed by atoms with Gasteiger partial charge in [0.25, 0.3) is 0 Å². The molecule has 0 atom stereocenters. The molecule has 3 aromatic rings. The Morgan fingerprint density at radius 3 is 2.59 bits per heavy atom. The van der Waals surface area contributed by atoms with E-state index in [1.807, 2.05) is 43.5 Å². The third kappa shape index (κ3) is 5.16. The Morgan fingerprint density at radius 2 is 1.94 bits per heavy atom. The summed E-state index contributed by atoms with van der Waals surface area (Å²) in [5, 5.41) is 3.03. The molecule has 0 fully saturated rings. The molecule has 0 spiro atoms. The van der Waals surface area contributed by atoms with Crippen molar-refractivity contribution in [2.45, 2.75) is 41.0 Å². The monoisotopic (exact) mass is 457 g/mol. The molecule has 3 heterocycles. The first-order valence-electron chi connectivity index (χ1n) is 10.4. The number of esters is 2. The fourth-order valence-electron chi connectivity index (χ4n) is 3.18. The second-order valence-electron chi connectivity index (χ2n) is 7.85. The number of imidazole rings is 1. The van der Waals surface area contributed by atoms with Crippen molar-refractivity contribution in [2.75, 3.05) is 18.5 Å². The van der Waals surface area contributed by atoms with Crippen LogP contribution in [-0.4, -0.2) is 40.4 Å². The Morgan fingerprint density at radius 1 is 1.19 bits per heavy atom. The zero-order valence-corrected chi connectivity index (χ0v) is 19.7. The fourth-order valence-corrected chi connectivity index (χ4v) is 4.28. The van der Waals surface area contributed by atoms with Gasteiger partial charge in [-0.2, -0.15) is 0 Å². The Bertz CT molecular complexity index is 1160. The Balaban J connectivity index is 1.84. The maximum atomic E-state index is 12.8. The van der Waals surface area contributed by atoms with E-state index in [9.17, 15) is 14.4 Å². The quantitative estimate of drug-likeness (QED) is 0.510. The van der Waals surface area contributed by atoms with Gasteiger partial charge in [-0.3, -0.25) is 4.79 Å². The van der Waals surface area contributed by atoms with E-state index in [4.69, 9.17) is 9.47 Å². The van der Waals surface area contributed by atoms with E-state index in [0.717, 1.165) is 22.5 Å². The molecule has 170 valence electrons. The van der Waals surface area contributed by atoms with Crippen LogP contribution in [0.5, 0.6) is 0 Å². The number of nitrogens with zero attached hydrogens (tertiary/aromatic N) is 2. The van der Waals surface area contributed by atoms with Crippen molar-refractivity contribution in [2.24, 2.45) is 5.92 Å². The number of ether oxygens (including phenoxy) is 2. The zero-order valence-electron chi connectivity index (χ0n) is 18.9. The lowest BCUT2D eigenvalue weighted by Crippen LogP contribution is -2.16. The van der Waals surface area contributed by atoms with Crippen molar-refractivity contribution < 1.29 is 23.9 Å². The number of amides is 1. The van der Waals surface area contributed by atoms with Crippen LogP contribution in [0.4, 0.5) is 5.00 Å². The van der Waals surface area contributed by atoms with Crippen LogP contribution in [0.3, 0.4) is 0 Å². The summed E-state index contributed by atoms with van der Waals surface area (Å²) in [4.78, 5) is 42.6. The van der Waals surface area contributed by atoms with Gasteiger partial charge in [0, 0.05) is 12.4 Å². The van der Waals surface area contributed by atoms with Gasteiger partial charge in [0.05, 0.1) is 30.9 Å². The van der Waals surface area contributed by atoms with Crippen molar-refractivity contribution in [3.8, 4) is 0 Å². The summed E-state index contributed by atoms with van der Waals surface area (Å²) >= 11 is 1.01. The molecule has 3 aromatic heterocycles. The summed E-state index contributed by atoms with van der Waals surface area (Å²) in [5.74, 6) is -1.29. The number of aryl methyl sites for hydroxylation is 1. The SMILES string of the molecule is CCOC(=O)c1c(NC(=O)Cc2cn3cccc(C)c3n2)sc(C(=O)OCC(C)C)c1C. The van der Waals surface area contributed by atoms with Gasteiger partial charge in [-0.25, -0.2) is 14.6 Å². The van der Waals surface area contributed by atoms with Crippen LogP contribution < -0.4 is 5.32 Å². The second kappa shape index (κ2) is 9.95. The molecule has 32 heavy (non-hydrogen) atoms. The van der Waals surface area contributed by atoms with Crippen LogP contribution in [0.2, 0.25) is 0 Å². The molecule has 1 N–H and O–H groups in total. The highest BCUT2D eigenvalue weighted by molar-refractivity contribution is 7.18. The molecule has 0 aliphatic rings. The van der Waals surface area contributed by atoms with Crippen LogP contribution in [0.1, 0.15) is 57.6 Å². The summed E-state index contributed by atoms with van der Waals surface area (Å²) in [6.07, 6.45) is 3.68. The number of rotatable bonds is 8. The summed E-state index contributed by atoms with van der Waals surface area (Å²) in [6, 6.07) is 3.86. The molecule has 9 heteroatoms. The van der Waals surface area contributed by atoms with E-state index in [2.05, 4.69) is 10.3 Å². The highest BCUT2D eigenvalue weighted by Gasteiger charge is 2.27. The third-order valence-electron chi connectivity index (χ3n) is 4.68. The van der Waals surface area contributed by atoms with Gasteiger partial charge < -0.3 is 19.2 Å². The number of aromatic nitrogens is 2. The molecular weight excluding hydrogens is 430 g/mol. The minimum Gasteiger partial charge on any atom is -0.462 e. The lowest BCUT2D eigenvalue weighted by atomic mass is 10.1. The van der Waals surface area contributed by atoms with E-state index >= 15 is 0 Å². The van der Waals surface area contributed by atoms with Crippen LogP contribution >= 0.6 is 11.3 Å². The van der Waals surface area contributed by atoms with Crippen LogP contribution in [-0.2, 0) is 20.7 Å². The molecule has 1 amide bonds. The van der Waals surface area contributed by atoms with Gasteiger partial charge in [-0.1, -0.05) is 19.9 Å². The maximum absolute atomic E-state index is 12.8. The Labute approximate surface area is 190 Å². The number of thiophene rings is 1. The number of nitrogens with one attached hydrogen (secondary N) is 1. The molecule has 0 saturated heterocycles. The van der Waals surface area contributed by atoms with E-state index < -0.39 is 11.9 Å². The molecule has 0 unspecified atom stereocenters. The largest absolute Gasteiger partial charge is 0.462 e. The number of fused-ring (bicyclic) bond motifs is 1. The lowest BCUT2D eigenvalue weighted by molar-refractivity contribution is -0.115. The van der Waals surface area contributed by atoms with Gasteiger partial charge in [0.1, 0.15) is 15.5 Å². The molecular formula is C23H27N3O5S. The second-order valence-corrected chi connectivity index (χ2v) is 8.87. The van der Waals surface area contributed by atoms with Gasteiger partial charge >= 0.3 is 11.9 Å². The minimum absolute atomic E-state index is 0.0213. The zero-order chi connectivity index (χ0) is 23.4. The lowest BCUT2D eigenvalue weighted by Gasteiger charge is -2.07. The number of carbonyl (C=O) groups is 3. The molecule has 0 saturated carbocycles. The average molecular weight is 458 g/mol. The summed E-state index contributed by atoms with van der Waals surface area (Å²) in [6.45, 7) is 9.60. The van der Waals surface area contributed by atoms with E-state index in [-0.39, 0.29) is 46.9 Å². The van der Waals surface area contributed by atoms with Crippen molar-refractivity contribution in [3.05, 3.63) is 51.8 Å². The van der Waals surface area contributed by atoms with Crippen LogP contribution in [0.25, 0.3) is 5.65 Å². The van der Waals surface area contributed by atoms with Crippen molar-refractivity contribution in [3.63, 3.8) is 0 Å². The Hall–Kier alpha value is -3.20. The molecule has 8 nitrogen and oxygen atoms in total. The summed E-state index contributed by atoms with van der Waals surface area (Å²) < 4.78 is 12.3. The molecule has 0 bridgehead atoms. The standard InChI is InChI=1S/C23H27N3O5S/c1-6-30-22(28)18-15(5)19(23(29)31-12-13(2)3)32-21(18)25-17(27)10-16-11-26-9-7-8-14(4)20(26)24-16/h7-9,11,13H,6,10,12H2,1-5H3,(H,25,27). The fraction of sp³-hybridized carbons (Fsp3) is 0.391. The molecule has 3 rings (SSSR count). The number of hydrogen-bond acceptors (Lipinski definition) is 7. The number of carbonyl (C=O) groups excluding carboxylic acids is 3. The molecule has 0 aliphatic heterocycles. The predicted molar refractivity (Wildman–Crippen MR) is 122 cm³/mol. The highest BCUT2D eigenvalue weighted by Crippen LogP contribution is 2.34. The minimum atomic E-state index is -0.595.